The van der Waals surface area contributed by atoms with Crippen molar-refractivity contribution in [3.05, 3.63) is 48.2 Å². The van der Waals surface area contributed by atoms with Gasteiger partial charge in [-0.2, -0.15) is 0 Å². The van der Waals surface area contributed by atoms with Crippen molar-refractivity contribution < 1.29 is 9.53 Å². The maximum atomic E-state index is 12.3. The fourth-order valence-corrected chi connectivity index (χ4v) is 1.90. The second-order valence-electron chi connectivity index (χ2n) is 4.34. The number of hydrogen-bond acceptors (Lipinski definition) is 4. The quantitative estimate of drug-likeness (QED) is 0.855. The second kappa shape index (κ2) is 7.28. The minimum absolute atomic E-state index is 0.191. The Labute approximate surface area is 124 Å². The highest BCUT2D eigenvalue weighted by molar-refractivity contribution is 6.07. The minimum atomic E-state index is -0.191. The molecule has 1 aromatic heterocycles. The van der Waals surface area contributed by atoms with Gasteiger partial charge in [0, 0.05) is 18.4 Å². The number of nitrogens with zero attached hydrogens (tertiary/aromatic N) is 1. The predicted octanol–water partition coefficient (Wildman–Crippen LogP) is 3.16. The Balaban J connectivity index is 2.10. The van der Waals surface area contributed by atoms with Gasteiger partial charge in [-0.25, -0.2) is 4.98 Å². The molecule has 5 heteroatoms. The van der Waals surface area contributed by atoms with Gasteiger partial charge in [0.15, 0.2) is 0 Å². The van der Waals surface area contributed by atoms with E-state index in [2.05, 4.69) is 15.6 Å². The van der Waals surface area contributed by atoms with E-state index in [4.69, 9.17) is 4.74 Å². The Morgan fingerprint density at radius 1 is 1.19 bits per heavy atom. The second-order valence-corrected chi connectivity index (χ2v) is 4.34. The summed E-state index contributed by atoms with van der Waals surface area (Å²) in [4.78, 5) is 16.5. The van der Waals surface area contributed by atoms with E-state index in [1.54, 1.807) is 18.3 Å². The Kier molecular flexibility index (Phi) is 5.15. The molecule has 0 unspecified atom stereocenters. The number of carbonyl (C=O) groups is 1. The molecule has 0 saturated carbocycles. The van der Waals surface area contributed by atoms with Gasteiger partial charge >= 0.3 is 0 Å². The molecule has 0 aliphatic rings. The molecule has 0 saturated heterocycles. The van der Waals surface area contributed by atoms with Gasteiger partial charge in [-0.05, 0) is 50.2 Å². The maximum Gasteiger partial charge on any atom is 0.259 e. The first-order chi connectivity index (χ1) is 10.2. The van der Waals surface area contributed by atoms with Crippen LogP contribution >= 0.6 is 0 Å². The monoisotopic (exact) mass is 285 g/mol. The Bertz CT molecular complexity index is 597. The summed E-state index contributed by atoms with van der Waals surface area (Å²) in [5, 5.41) is 5.93. The molecule has 0 aliphatic carbocycles. The molecule has 2 N–H and O–H groups in total. The third kappa shape index (κ3) is 3.95. The average molecular weight is 285 g/mol. The highest BCUT2D eigenvalue weighted by Crippen LogP contribution is 2.18. The Hall–Kier alpha value is -2.56. The van der Waals surface area contributed by atoms with Gasteiger partial charge in [0.1, 0.15) is 11.6 Å². The summed E-state index contributed by atoms with van der Waals surface area (Å²) in [5.74, 6) is 1.18. The molecule has 0 radical (unpaired) electrons. The van der Waals surface area contributed by atoms with Gasteiger partial charge in [0.25, 0.3) is 5.91 Å². The lowest BCUT2D eigenvalue weighted by molar-refractivity contribution is 0.102. The van der Waals surface area contributed by atoms with Crippen LogP contribution in [-0.2, 0) is 0 Å². The van der Waals surface area contributed by atoms with Crippen LogP contribution in [0.1, 0.15) is 24.2 Å². The van der Waals surface area contributed by atoms with E-state index in [1.165, 1.54) is 0 Å². The summed E-state index contributed by atoms with van der Waals surface area (Å²) < 4.78 is 5.37. The van der Waals surface area contributed by atoms with Gasteiger partial charge < -0.3 is 15.4 Å². The molecular formula is C16H19N3O2. The first-order valence-electron chi connectivity index (χ1n) is 6.97. The van der Waals surface area contributed by atoms with Crippen LogP contribution in [0.4, 0.5) is 11.5 Å². The number of benzene rings is 1. The number of aromatic nitrogens is 1. The first-order valence-corrected chi connectivity index (χ1v) is 6.97. The molecule has 1 heterocycles. The smallest absolute Gasteiger partial charge is 0.259 e. The molecule has 0 aliphatic heterocycles. The molecule has 110 valence electrons. The van der Waals surface area contributed by atoms with Gasteiger partial charge in [-0.15, -0.1) is 0 Å². The third-order valence-corrected chi connectivity index (χ3v) is 2.82. The minimum Gasteiger partial charge on any atom is -0.494 e. The number of nitrogens with one attached hydrogen (secondary N) is 2. The van der Waals surface area contributed by atoms with Crippen LogP contribution in [0.5, 0.6) is 5.75 Å². The number of ether oxygens (including phenoxy) is 1. The summed E-state index contributed by atoms with van der Waals surface area (Å²) in [6, 6.07) is 10.8. The normalized spacial score (nSPS) is 10.0. The lowest BCUT2D eigenvalue weighted by Gasteiger charge is -2.10. The standard InChI is InChI=1S/C16H19N3O2/c1-3-17-15-14(6-5-11-18-15)16(20)19-12-7-9-13(10-8-12)21-4-2/h5-11H,3-4H2,1-2H3,(H,17,18)(H,19,20). The van der Waals surface area contributed by atoms with E-state index in [0.29, 0.717) is 24.5 Å². The van der Waals surface area contributed by atoms with E-state index in [9.17, 15) is 4.79 Å². The zero-order valence-corrected chi connectivity index (χ0v) is 12.2. The zero-order chi connectivity index (χ0) is 15.1. The Morgan fingerprint density at radius 3 is 2.62 bits per heavy atom. The molecule has 0 spiro atoms. The Morgan fingerprint density at radius 2 is 1.95 bits per heavy atom. The van der Waals surface area contributed by atoms with E-state index < -0.39 is 0 Å². The van der Waals surface area contributed by atoms with Crippen LogP contribution in [-0.4, -0.2) is 24.0 Å². The van der Waals surface area contributed by atoms with Crippen LogP contribution in [0.2, 0.25) is 0 Å². The SMILES string of the molecule is CCNc1ncccc1C(=O)Nc1ccc(OCC)cc1. The number of carbonyl (C=O) groups excluding carboxylic acids is 1. The third-order valence-electron chi connectivity index (χ3n) is 2.82. The largest absolute Gasteiger partial charge is 0.494 e. The van der Waals surface area contributed by atoms with Crippen molar-refractivity contribution >= 4 is 17.4 Å². The van der Waals surface area contributed by atoms with Crippen molar-refractivity contribution in [3.63, 3.8) is 0 Å². The topological polar surface area (TPSA) is 63.2 Å². The van der Waals surface area contributed by atoms with Crippen molar-refractivity contribution in [2.75, 3.05) is 23.8 Å². The fourth-order valence-electron chi connectivity index (χ4n) is 1.90. The molecule has 2 rings (SSSR count). The average Bonchev–Trinajstić information content (AvgIpc) is 2.50. The number of anilines is 2. The zero-order valence-electron chi connectivity index (χ0n) is 12.2. The van der Waals surface area contributed by atoms with Crippen molar-refractivity contribution in [1.29, 1.82) is 0 Å². The number of pyridine rings is 1. The van der Waals surface area contributed by atoms with Crippen molar-refractivity contribution in [1.82, 2.24) is 4.98 Å². The van der Waals surface area contributed by atoms with Crippen LogP contribution in [0.3, 0.4) is 0 Å². The summed E-state index contributed by atoms with van der Waals surface area (Å²) in [6.07, 6.45) is 1.66. The highest BCUT2D eigenvalue weighted by atomic mass is 16.5. The molecule has 0 bridgehead atoms. The maximum absolute atomic E-state index is 12.3. The summed E-state index contributed by atoms with van der Waals surface area (Å²) >= 11 is 0. The molecule has 5 nitrogen and oxygen atoms in total. The van der Waals surface area contributed by atoms with Crippen LogP contribution in [0.25, 0.3) is 0 Å². The highest BCUT2D eigenvalue weighted by Gasteiger charge is 2.11. The van der Waals surface area contributed by atoms with Crippen molar-refractivity contribution in [3.8, 4) is 5.75 Å². The molecule has 2 aromatic rings. The lowest BCUT2D eigenvalue weighted by Crippen LogP contribution is -2.15. The molecule has 0 atom stereocenters. The predicted molar refractivity (Wildman–Crippen MR) is 84.0 cm³/mol. The number of amides is 1. The van der Waals surface area contributed by atoms with E-state index in [1.807, 2.05) is 38.1 Å². The summed E-state index contributed by atoms with van der Waals surface area (Å²) in [6.45, 7) is 5.22. The van der Waals surface area contributed by atoms with Crippen molar-refractivity contribution in [2.24, 2.45) is 0 Å². The molecule has 0 fully saturated rings. The number of rotatable bonds is 6. The molecule has 21 heavy (non-hydrogen) atoms. The van der Waals surface area contributed by atoms with E-state index in [0.717, 1.165) is 11.4 Å². The van der Waals surface area contributed by atoms with Crippen LogP contribution < -0.4 is 15.4 Å². The summed E-state index contributed by atoms with van der Waals surface area (Å²) in [5.41, 5.74) is 1.24. The van der Waals surface area contributed by atoms with E-state index >= 15 is 0 Å². The fraction of sp³-hybridized carbons (Fsp3) is 0.250. The lowest BCUT2D eigenvalue weighted by atomic mass is 10.2. The molecule has 1 aromatic carbocycles. The van der Waals surface area contributed by atoms with Gasteiger partial charge in [-0.1, -0.05) is 0 Å². The van der Waals surface area contributed by atoms with E-state index in [-0.39, 0.29) is 5.91 Å². The number of hydrogen-bond donors (Lipinski definition) is 2. The van der Waals surface area contributed by atoms with Gasteiger partial charge in [-0.3, -0.25) is 4.79 Å². The van der Waals surface area contributed by atoms with Gasteiger partial charge in [0.2, 0.25) is 0 Å². The van der Waals surface area contributed by atoms with Crippen LogP contribution in [0, 0.1) is 0 Å². The van der Waals surface area contributed by atoms with Crippen molar-refractivity contribution in [2.45, 2.75) is 13.8 Å². The molecular weight excluding hydrogens is 266 g/mol. The molecule has 1 amide bonds. The van der Waals surface area contributed by atoms with Crippen LogP contribution in [0.15, 0.2) is 42.6 Å². The summed E-state index contributed by atoms with van der Waals surface area (Å²) in [7, 11) is 0. The van der Waals surface area contributed by atoms with Gasteiger partial charge in [0.05, 0.1) is 12.2 Å². The first kappa shape index (κ1) is 14.8.